The molecule has 2 nitrogen and oxygen atoms in total. The molecule has 2 aromatic carbocycles. The lowest BCUT2D eigenvalue weighted by Gasteiger charge is -2.09. The second-order valence-electron chi connectivity index (χ2n) is 4.47. The van der Waals surface area contributed by atoms with Crippen LogP contribution in [0.1, 0.15) is 21.5 Å². The van der Waals surface area contributed by atoms with E-state index < -0.39 is 5.82 Å². The Morgan fingerprint density at radius 1 is 1.30 bits per heavy atom. The van der Waals surface area contributed by atoms with Crippen LogP contribution in [0.5, 0.6) is 5.75 Å². The number of halogens is 3. The first-order valence-electron chi connectivity index (χ1n) is 6.02. The monoisotopic (exact) mass is 354 g/mol. The molecule has 0 amide bonds. The molecule has 1 aliphatic rings. The third kappa shape index (κ3) is 2.23. The van der Waals surface area contributed by atoms with Crippen molar-refractivity contribution in [2.24, 2.45) is 0 Å². The van der Waals surface area contributed by atoms with E-state index in [2.05, 4.69) is 15.9 Å². The van der Waals surface area contributed by atoms with Crippen LogP contribution in [0.25, 0.3) is 0 Å². The lowest BCUT2D eigenvalue weighted by atomic mass is 9.99. The Labute approximate surface area is 128 Å². The fraction of sp³-hybridized carbons (Fsp3) is 0.133. The average molecular weight is 356 g/mol. The van der Waals surface area contributed by atoms with E-state index in [1.807, 2.05) is 6.07 Å². The third-order valence-electron chi connectivity index (χ3n) is 3.19. The Hall–Kier alpha value is -1.39. The molecule has 0 N–H and O–H groups in total. The summed E-state index contributed by atoms with van der Waals surface area (Å²) in [5.74, 6) is -0.377. The number of ketones is 1. The first kappa shape index (κ1) is 13.6. The van der Waals surface area contributed by atoms with E-state index in [0.717, 1.165) is 16.5 Å². The Kier molecular flexibility index (Phi) is 3.52. The van der Waals surface area contributed by atoms with Gasteiger partial charge >= 0.3 is 0 Å². The molecule has 0 atom stereocenters. The molecule has 0 saturated heterocycles. The fourth-order valence-electron chi connectivity index (χ4n) is 2.26. The van der Waals surface area contributed by atoms with Crippen LogP contribution >= 0.6 is 27.5 Å². The standard InChI is InChI=1S/C15H9BrClFO2/c16-9-6-8-4-5-20-15(8)11(7-9)14(19)10-2-1-3-12(18)13(10)17/h1-3,6-7H,4-5H2. The number of carbonyl (C=O) groups is 1. The van der Waals surface area contributed by atoms with Crippen molar-refractivity contribution in [3.05, 3.63) is 62.3 Å². The summed E-state index contributed by atoms with van der Waals surface area (Å²) in [6, 6.07) is 7.80. The molecule has 0 aliphatic carbocycles. The second-order valence-corrected chi connectivity index (χ2v) is 5.76. The SMILES string of the molecule is O=C(c1cccc(F)c1Cl)c1cc(Br)cc2c1OCC2. The summed E-state index contributed by atoms with van der Waals surface area (Å²) in [7, 11) is 0. The van der Waals surface area contributed by atoms with E-state index in [-0.39, 0.29) is 16.4 Å². The quantitative estimate of drug-likeness (QED) is 0.746. The van der Waals surface area contributed by atoms with Crippen LogP contribution < -0.4 is 4.74 Å². The van der Waals surface area contributed by atoms with Crippen molar-refractivity contribution in [2.75, 3.05) is 6.61 Å². The predicted octanol–water partition coefficient (Wildman–Crippen LogP) is 4.41. The number of rotatable bonds is 2. The molecule has 0 bridgehead atoms. The Morgan fingerprint density at radius 3 is 2.90 bits per heavy atom. The summed E-state index contributed by atoms with van der Waals surface area (Å²) in [4.78, 5) is 12.6. The van der Waals surface area contributed by atoms with Crippen molar-refractivity contribution < 1.29 is 13.9 Å². The van der Waals surface area contributed by atoms with Crippen LogP contribution in [0.15, 0.2) is 34.8 Å². The minimum atomic E-state index is -0.606. The van der Waals surface area contributed by atoms with Crippen molar-refractivity contribution in [1.82, 2.24) is 0 Å². The fourth-order valence-corrected chi connectivity index (χ4v) is 2.98. The molecule has 0 radical (unpaired) electrons. The number of carbonyl (C=O) groups excluding carboxylic acids is 1. The third-order valence-corrected chi connectivity index (χ3v) is 4.03. The normalized spacial score (nSPS) is 12.9. The van der Waals surface area contributed by atoms with E-state index in [9.17, 15) is 9.18 Å². The summed E-state index contributed by atoms with van der Waals surface area (Å²) >= 11 is 9.26. The van der Waals surface area contributed by atoms with E-state index in [1.54, 1.807) is 6.07 Å². The second kappa shape index (κ2) is 5.19. The van der Waals surface area contributed by atoms with Crippen LogP contribution in [0.2, 0.25) is 5.02 Å². The minimum absolute atomic E-state index is 0.141. The molecule has 0 aromatic heterocycles. The van der Waals surface area contributed by atoms with Crippen LogP contribution in [0, 0.1) is 5.82 Å². The van der Waals surface area contributed by atoms with Gasteiger partial charge in [-0.2, -0.15) is 0 Å². The molecule has 102 valence electrons. The zero-order chi connectivity index (χ0) is 14.3. The van der Waals surface area contributed by atoms with E-state index in [4.69, 9.17) is 16.3 Å². The number of hydrogen-bond donors (Lipinski definition) is 0. The highest BCUT2D eigenvalue weighted by molar-refractivity contribution is 9.10. The zero-order valence-corrected chi connectivity index (χ0v) is 12.6. The number of hydrogen-bond acceptors (Lipinski definition) is 2. The van der Waals surface area contributed by atoms with Crippen molar-refractivity contribution in [1.29, 1.82) is 0 Å². The van der Waals surface area contributed by atoms with Crippen molar-refractivity contribution in [2.45, 2.75) is 6.42 Å². The smallest absolute Gasteiger partial charge is 0.198 e. The highest BCUT2D eigenvalue weighted by atomic mass is 79.9. The van der Waals surface area contributed by atoms with E-state index >= 15 is 0 Å². The van der Waals surface area contributed by atoms with E-state index in [0.29, 0.717) is 17.9 Å². The van der Waals surface area contributed by atoms with Crippen molar-refractivity contribution >= 4 is 33.3 Å². The molecule has 0 fully saturated rings. The Bertz CT molecular complexity index is 715. The largest absolute Gasteiger partial charge is 0.492 e. The number of ether oxygens (including phenoxy) is 1. The number of fused-ring (bicyclic) bond motifs is 1. The minimum Gasteiger partial charge on any atom is -0.492 e. The Balaban J connectivity index is 2.14. The van der Waals surface area contributed by atoms with Gasteiger partial charge in [0.05, 0.1) is 17.2 Å². The molecular formula is C15H9BrClFO2. The lowest BCUT2D eigenvalue weighted by Crippen LogP contribution is -2.05. The van der Waals surface area contributed by atoms with Gasteiger partial charge in [0.1, 0.15) is 11.6 Å². The van der Waals surface area contributed by atoms with Crippen LogP contribution in [0.4, 0.5) is 4.39 Å². The molecule has 3 rings (SSSR count). The topological polar surface area (TPSA) is 26.3 Å². The summed E-state index contributed by atoms with van der Waals surface area (Å²) in [5, 5.41) is -0.163. The van der Waals surface area contributed by atoms with Gasteiger partial charge in [-0.15, -0.1) is 0 Å². The van der Waals surface area contributed by atoms with Gasteiger partial charge in [-0.05, 0) is 29.8 Å². The van der Waals surface area contributed by atoms with Crippen molar-refractivity contribution in [3.63, 3.8) is 0 Å². The van der Waals surface area contributed by atoms with E-state index in [1.165, 1.54) is 18.2 Å². The van der Waals surface area contributed by atoms with Gasteiger partial charge in [-0.1, -0.05) is 33.6 Å². The molecule has 2 aromatic rings. The number of benzene rings is 2. The van der Waals surface area contributed by atoms with Crippen LogP contribution in [-0.4, -0.2) is 12.4 Å². The van der Waals surface area contributed by atoms with Crippen molar-refractivity contribution in [3.8, 4) is 5.75 Å². The molecule has 1 heterocycles. The highest BCUT2D eigenvalue weighted by Gasteiger charge is 2.24. The summed E-state index contributed by atoms with van der Waals surface area (Å²) in [6.45, 7) is 0.545. The van der Waals surface area contributed by atoms with Crippen LogP contribution in [0.3, 0.4) is 0 Å². The van der Waals surface area contributed by atoms with Crippen LogP contribution in [-0.2, 0) is 6.42 Å². The van der Waals surface area contributed by atoms with Gasteiger partial charge in [0.25, 0.3) is 0 Å². The maximum absolute atomic E-state index is 13.5. The first-order valence-corrected chi connectivity index (χ1v) is 7.19. The molecule has 5 heteroatoms. The molecule has 0 spiro atoms. The molecular weight excluding hydrogens is 347 g/mol. The summed E-state index contributed by atoms with van der Waals surface area (Å²) in [6.07, 6.45) is 0.756. The van der Waals surface area contributed by atoms with Gasteiger partial charge in [0.15, 0.2) is 5.78 Å². The van der Waals surface area contributed by atoms with Gasteiger partial charge in [0, 0.05) is 16.5 Å². The summed E-state index contributed by atoms with van der Waals surface area (Å²) < 4.78 is 19.8. The Morgan fingerprint density at radius 2 is 2.10 bits per heavy atom. The first-order chi connectivity index (χ1) is 9.58. The van der Waals surface area contributed by atoms with Gasteiger partial charge in [0.2, 0.25) is 0 Å². The van der Waals surface area contributed by atoms with Gasteiger partial charge < -0.3 is 4.74 Å². The van der Waals surface area contributed by atoms with Gasteiger partial charge in [-0.3, -0.25) is 4.79 Å². The maximum atomic E-state index is 13.5. The lowest BCUT2D eigenvalue weighted by molar-refractivity contribution is 0.103. The zero-order valence-electron chi connectivity index (χ0n) is 10.3. The molecule has 0 saturated carbocycles. The van der Waals surface area contributed by atoms with Gasteiger partial charge in [-0.25, -0.2) is 4.39 Å². The highest BCUT2D eigenvalue weighted by Crippen LogP contribution is 2.35. The molecule has 20 heavy (non-hydrogen) atoms. The maximum Gasteiger partial charge on any atom is 0.198 e. The molecule has 0 unspecified atom stereocenters. The summed E-state index contributed by atoms with van der Waals surface area (Å²) in [5.41, 5.74) is 1.51. The average Bonchev–Trinajstić information content (AvgIpc) is 2.88. The predicted molar refractivity (Wildman–Crippen MR) is 78.2 cm³/mol. The molecule has 1 aliphatic heterocycles.